The molecule has 1 rings (SSSR count). The first kappa shape index (κ1) is 18.7. The lowest BCUT2D eigenvalue weighted by molar-refractivity contribution is -0.138. The summed E-state index contributed by atoms with van der Waals surface area (Å²) in [5.74, 6) is -0.997. The van der Waals surface area contributed by atoms with Crippen LogP contribution in [0.15, 0.2) is 24.3 Å². The van der Waals surface area contributed by atoms with E-state index in [-0.39, 0.29) is 11.3 Å². The van der Waals surface area contributed by atoms with Gasteiger partial charge >= 0.3 is 12.4 Å². The summed E-state index contributed by atoms with van der Waals surface area (Å²) in [6.45, 7) is -0.123. The number of rotatable bonds is 5. The highest BCUT2D eigenvalue weighted by Crippen LogP contribution is 2.34. The first-order valence-electron chi connectivity index (χ1n) is 6.12. The largest absolute Gasteiger partial charge is 0.416 e. The summed E-state index contributed by atoms with van der Waals surface area (Å²) in [7, 11) is 0. The molecule has 0 aliphatic rings. The summed E-state index contributed by atoms with van der Waals surface area (Å²) in [5.41, 5.74) is -0.833. The Kier molecular flexibility index (Phi) is 6.16. The lowest BCUT2D eigenvalue weighted by Crippen LogP contribution is -2.38. The molecular formula is C13H13F6NOS. The topological polar surface area (TPSA) is 29.1 Å². The van der Waals surface area contributed by atoms with Crippen molar-refractivity contribution >= 4 is 17.7 Å². The van der Waals surface area contributed by atoms with Gasteiger partial charge in [-0.2, -0.15) is 26.3 Å². The molecule has 0 heterocycles. The quantitative estimate of drug-likeness (QED) is 0.817. The molecule has 0 spiro atoms. The Morgan fingerprint density at radius 3 is 2.32 bits per heavy atom. The maximum atomic E-state index is 12.8. The molecular weight excluding hydrogens is 332 g/mol. The molecule has 0 aliphatic carbocycles. The van der Waals surface area contributed by atoms with Gasteiger partial charge in [-0.05, 0) is 18.6 Å². The molecule has 124 valence electrons. The highest BCUT2D eigenvalue weighted by molar-refractivity contribution is 7.99. The Hall–Kier alpha value is -1.38. The Balaban J connectivity index is 2.61. The van der Waals surface area contributed by atoms with Crippen LogP contribution in [-0.4, -0.2) is 23.9 Å². The van der Waals surface area contributed by atoms with Crippen molar-refractivity contribution < 1.29 is 31.1 Å². The van der Waals surface area contributed by atoms with E-state index >= 15 is 0 Å². The molecule has 0 fully saturated rings. The summed E-state index contributed by atoms with van der Waals surface area (Å²) >= 11 is 0.839. The minimum atomic E-state index is -4.52. The summed E-state index contributed by atoms with van der Waals surface area (Å²) < 4.78 is 74.2. The molecule has 0 bridgehead atoms. The molecule has 1 aromatic rings. The number of carbonyl (C=O) groups excluding carboxylic acids is 1. The van der Waals surface area contributed by atoms with E-state index in [0.717, 1.165) is 17.8 Å². The van der Waals surface area contributed by atoms with E-state index in [1.54, 1.807) is 5.32 Å². The van der Waals surface area contributed by atoms with Crippen LogP contribution < -0.4 is 5.32 Å². The summed E-state index contributed by atoms with van der Waals surface area (Å²) in [5, 5.41) is 0.797. The van der Waals surface area contributed by atoms with Crippen molar-refractivity contribution in [1.29, 1.82) is 0 Å². The van der Waals surface area contributed by atoms with Crippen LogP contribution in [0.25, 0.3) is 0 Å². The number of benzene rings is 1. The molecule has 1 aromatic carbocycles. The molecule has 1 unspecified atom stereocenters. The smallest absolute Gasteiger partial charge is 0.346 e. The van der Waals surface area contributed by atoms with Crippen LogP contribution in [0.3, 0.4) is 0 Å². The van der Waals surface area contributed by atoms with Crippen LogP contribution in [-0.2, 0) is 16.7 Å². The Morgan fingerprint density at radius 1 is 1.18 bits per heavy atom. The average Bonchev–Trinajstić information content (AvgIpc) is 2.40. The van der Waals surface area contributed by atoms with Gasteiger partial charge in [0, 0.05) is 5.75 Å². The van der Waals surface area contributed by atoms with Gasteiger partial charge in [-0.15, -0.1) is 11.8 Å². The van der Waals surface area contributed by atoms with E-state index in [1.165, 1.54) is 25.1 Å². The summed E-state index contributed by atoms with van der Waals surface area (Å²) in [6, 6.07) is 4.87. The van der Waals surface area contributed by atoms with Crippen LogP contribution in [0.4, 0.5) is 26.3 Å². The standard InChI is InChI=1S/C13H13F6NOS/c1-8(11(21)20-7-12(14,15)16)22-6-9-4-2-3-5-10(9)13(17,18)19/h2-5,8H,6-7H2,1H3,(H,20,21). The highest BCUT2D eigenvalue weighted by Gasteiger charge is 2.33. The van der Waals surface area contributed by atoms with E-state index in [0.29, 0.717) is 0 Å². The van der Waals surface area contributed by atoms with Crippen molar-refractivity contribution in [2.75, 3.05) is 6.54 Å². The molecule has 9 heteroatoms. The molecule has 2 nitrogen and oxygen atoms in total. The average molecular weight is 345 g/mol. The zero-order valence-electron chi connectivity index (χ0n) is 11.4. The number of hydrogen-bond donors (Lipinski definition) is 1. The van der Waals surface area contributed by atoms with Crippen LogP contribution in [0.2, 0.25) is 0 Å². The fraction of sp³-hybridized carbons (Fsp3) is 0.462. The molecule has 0 aliphatic heterocycles. The molecule has 0 aromatic heterocycles. The van der Waals surface area contributed by atoms with Gasteiger partial charge in [-0.1, -0.05) is 18.2 Å². The number of carbonyl (C=O) groups is 1. The maximum Gasteiger partial charge on any atom is 0.416 e. The fourth-order valence-electron chi connectivity index (χ4n) is 1.54. The lowest BCUT2D eigenvalue weighted by Gasteiger charge is -2.15. The van der Waals surface area contributed by atoms with Crippen molar-refractivity contribution in [2.45, 2.75) is 30.3 Å². The summed E-state index contributed by atoms with van der Waals surface area (Å²) in [4.78, 5) is 11.4. The van der Waals surface area contributed by atoms with Gasteiger partial charge in [0.05, 0.1) is 10.8 Å². The molecule has 1 atom stereocenters. The molecule has 0 saturated heterocycles. The second-order valence-corrected chi connectivity index (χ2v) is 5.77. The van der Waals surface area contributed by atoms with E-state index in [2.05, 4.69) is 0 Å². The van der Waals surface area contributed by atoms with E-state index in [9.17, 15) is 31.1 Å². The minimum absolute atomic E-state index is 0.0181. The number of alkyl halides is 6. The van der Waals surface area contributed by atoms with Gasteiger partial charge in [-0.3, -0.25) is 4.79 Å². The van der Waals surface area contributed by atoms with E-state index in [1.807, 2.05) is 0 Å². The van der Waals surface area contributed by atoms with Crippen molar-refractivity contribution in [2.24, 2.45) is 0 Å². The third kappa shape index (κ3) is 6.17. The van der Waals surface area contributed by atoms with E-state index in [4.69, 9.17) is 0 Å². The van der Waals surface area contributed by atoms with Gasteiger partial charge in [0.2, 0.25) is 5.91 Å². The molecule has 1 amide bonds. The first-order chi connectivity index (χ1) is 10.0. The van der Waals surface area contributed by atoms with Crippen molar-refractivity contribution in [3.8, 4) is 0 Å². The zero-order valence-corrected chi connectivity index (χ0v) is 12.2. The second-order valence-electron chi connectivity index (χ2n) is 4.44. The van der Waals surface area contributed by atoms with Gasteiger partial charge in [0.1, 0.15) is 6.54 Å². The third-order valence-corrected chi connectivity index (χ3v) is 3.84. The van der Waals surface area contributed by atoms with Gasteiger partial charge < -0.3 is 5.32 Å². The molecule has 22 heavy (non-hydrogen) atoms. The number of amides is 1. The Bertz CT molecular complexity index is 514. The van der Waals surface area contributed by atoms with Crippen LogP contribution in [0.1, 0.15) is 18.1 Å². The number of hydrogen-bond acceptors (Lipinski definition) is 2. The number of thioether (sulfide) groups is 1. The third-order valence-electron chi connectivity index (χ3n) is 2.64. The van der Waals surface area contributed by atoms with Gasteiger partial charge in [0.25, 0.3) is 0 Å². The molecule has 0 radical (unpaired) electrons. The predicted octanol–water partition coefficient (Wildman–Crippen LogP) is 4.01. The Morgan fingerprint density at radius 2 is 1.77 bits per heavy atom. The number of nitrogens with one attached hydrogen (secondary N) is 1. The highest BCUT2D eigenvalue weighted by atomic mass is 32.2. The molecule has 0 saturated carbocycles. The normalized spacial score (nSPS) is 13.8. The SMILES string of the molecule is CC(SCc1ccccc1C(F)(F)F)C(=O)NCC(F)(F)F. The van der Waals surface area contributed by atoms with Crippen LogP contribution >= 0.6 is 11.8 Å². The summed E-state index contributed by atoms with van der Waals surface area (Å²) in [6.07, 6.45) is -9.04. The maximum absolute atomic E-state index is 12.8. The predicted molar refractivity (Wildman–Crippen MR) is 71.3 cm³/mol. The number of halogens is 6. The van der Waals surface area contributed by atoms with Crippen molar-refractivity contribution in [3.63, 3.8) is 0 Å². The second kappa shape index (κ2) is 7.26. The zero-order chi connectivity index (χ0) is 17.0. The van der Waals surface area contributed by atoms with E-state index < -0.39 is 35.6 Å². The van der Waals surface area contributed by atoms with Crippen LogP contribution in [0, 0.1) is 0 Å². The first-order valence-corrected chi connectivity index (χ1v) is 7.17. The van der Waals surface area contributed by atoms with Gasteiger partial charge in [0.15, 0.2) is 0 Å². The molecule has 1 N–H and O–H groups in total. The van der Waals surface area contributed by atoms with Crippen LogP contribution in [0.5, 0.6) is 0 Å². The lowest BCUT2D eigenvalue weighted by atomic mass is 10.1. The monoisotopic (exact) mass is 345 g/mol. The fourth-order valence-corrected chi connectivity index (χ4v) is 2.46. The minimum Gasteiger partial charge on any atom is -0.346 e. The van der Waals surface area contributed by atoms with Crippen molar-refractivity contribution in [3.05, 3.63) is 35.4 Å². The van der Waals surface area contributed by atoms with Crippen molar-refractivity contribution in [1.82, 2.24) is 5.32 Å². The Labute approximate surface area is 127 Å². The van der Waals surface area contributed by atoms with Gasteiger partial charge in [-0.25, -0.2) is 0 Å².